The quantitative estimate of drug-likeness (QED) is 0.859. The maximum Gasteiger partial charge on any atom is 0.126 e. The lowest BCUT2D eigenvalue weighted by atomic mass is 10.0. The molecule has 2 N–H and O–H groups in total. The summed E-state index contributed by atoms with van der Waals surface area (Å²) >= 11 is 0. The van der Waals surface area contributed by atoms with E-state index in [9.17, 15) is 4.39 Å². The third-order valence-corrected chi connectivity index (χ3v) is 3.31. The second kappa shape index (κ2) is 6.87. The standard InChI is InChI=1S/C15H26FN3/c1-11-9-15(13(12(2)17)10-14(11)16)19(5)8-6-7-18(3)4/h9-10,12H,6-8,17H2,1-5H3/t12-/m1/s1. The Morgan fingerprint density at radius 2 is 1.84 bits per heavy atom. The van der Waals surface area contributed by atoms with Crippen LogP contribution in [0.2, 0.25) is 0 Å². The average Bonchev–Trinajstić information content (AvgIpc) is 2.31. The van der Waals surface area contributed by atoms with Crippen molar-refractivity contribution in [1.29, 1.82) is 0 Å². The van der Waals surface area contributed by atoms with Crippen LogP contribution in [0, 0.1) is 12.7 Å². The fourth-order valence-corrected chi connectivity index (χ4v) is 2.12. The molecule has 0 fully saturated rings. The number of halogens is 1. The Labute approximate surface area is 116 Å². The van der Waals surface area contributed by atoms with Crippen LogP contribution in [0.5, 0.6) is 0 Å². The summed E-state index contributed by atoms with van der Waals surface area (Å²) in [6, 6.07) is 3.29. The van der Waals surface area contributed by atoms with Crippen molar-refractivity contribution in [3.8, 4) is 0 Å². The topological polar surface area (TPSA) is 32.5 Å². The van der Waals surface area contributed by atoms with Gasteiger partial charge in [-0.05, 0) is 64.2 Å². The van der Waals surface area contributed by atoms with Gasteiger partial charge in [-0.1, -0.05) is 0 Å². The van der Waals surface area contributed by atoms with E-state index in [-0.39, 0.29) is 11.9 Å². The van der Waals surface area contributed by atoms with Crippen molar-refractivity contribution < 1.29 is 4.39 Å². The summed E-state index contributed by atoms with van der Waals surface area (Å²) in [6.07, 6.45) is 1.07. The SMILES string of the molecule is Cc1cc(N(C)CCCN(C)C)c([C@@H](C)N)cc1F. The minimum Gasteiger partial charge on any atom is -0.374 e. The third-order valence-electron chi connectivity index (χ3n) is 3.31. The molecule has 1 aromatic carbocycles. The van der Waals surface area contributed by atoms with Gasteiger partial charge in [0.2, 0.25) is 0 Å². The van der Waals surface area contributed by atoms with Crippen LogP contribution in [0.1, 0.15) is 30.5 Å². The van der Waals surface area contributed by atoms with Crippen LogP contribution in [-0.2, 0) is 0 Å². The highest BCUT2D eigenvalue weighted by Crippen LogP contribution is 2.27. The Hall–Kier alpha value is -1.13. The summed E-state index contributed by atoms with van der Waals surface area (Å²) in [4.78, 5) is 4.32. The predicted molar refractivity (Wildman–Crippen MR) is 80.2 cm³/mol. The van der Waals surface area contributed by atoms with E-state index in [4.69, 9.17) is 5.73 Å². The van der Waals surface area contributed by atoms with E-state index < -0.39 is 0 Å². The highest BCUT2D eigenvalue weighted by Gasteiger charge is 2.14. The minimum atomic E-state index is -0.183. The van der Waals surface area contributed by atoms with E-state index in [1.54, 1.807) is 13.0 Å². The van der Waals surface area contributed by atoms with Gasteiger partial charge in [0.15, 0.2) is 0 Å². The van der Waals surface area contributed by atoms with Crippen molar-refractivity contribution in [2.45, 2.75) is 26.3 Å². The molecule has 0 aliphatic heterocycles. The maximum absolute atomic E-state index is 13.7. The fraction of sp³-hybridized carbons (Fsp3) is 0.600. The molecule has 0 saturated heterocycles. The lowest BCUT2D eigenvalue weighted by molar-refractivity contribution is 0.401. The molecule has 0 unspecified atom stereocenters. The van der Waals surface area contributed by atoms with Crippen molar-refractivity contribution in [3.05, 3.63) is 29.1 Å². The monoisotopic (exact) mass is 267 g/mol. The first kappa shape index (κ1) is 15.9. The zero-order chi connectivity index (χ0) is 14.6. The van der Waals surface area contributed by atoms with Gasteiger partial charge < -0.3 is 15.5 Å². The molecule has 108 valence electrons. The number of nitrogens with zero attached hydrogens (tertiary/aromatic N) is 2. The van der Waals surface area contributed by atoms with Crippen LogP contribution in [0.25, 0.3) is 0 Å². The van der Waals surface area contributed by atoms with E-state index >= 15 is 0 Å². The summed E-state index contributed by atoms with van der Waals surface area (Å²) in [6.45, 7) is 5.65. The van der Waals surface area contributed by atoms with Crippen LogP contribution in [-0.4, -0.2) is 39.1 Å². The molecule has 0 aliphatic carbocycles. The van der Waals surface area contributed by atoms with Gasteiger partial charge in [0.05, 0.1) is 0 Å². The molecule has 3 nitrogen and oxygen atoms in total. The predicted octanol–water partition coefficient (Wildman–Crippen LogP) is 2.54. The van der Waals surface area contributed by atoms with Gasteiger partial charge in [0.25, 0.3) is 0 Å². The van der Waals surface area contributed by atoms with Crippen molar-refractivity contribution in [2.24, 2.45) is 5.73 Å². The lowest BCUT2D eigenvalue weighted by Gasteiger charge is -2.25. The highest BCUT2D eigenvalue weighted by molar-refractivity contribution is 5.56. The van der Waals surface area contributed by atoms with Crippen molar-refractivity contribution >= 4 is 5.69 Å². The van der Waals surface area contributed by atoms with Crippen LogP contribution in [0.3, 0.4) is 0 Å². The molecular formula is C15H26FN3. The second-order valence-corrected chi connectivity index (χ2v) is 5.53. The number of hydrogen-bond acceptors (Lipinski definition) is 3. The van der Waals surface area contributed by atoms with Gasteiger partial charge in [-0.15, -0.1) is 0 Å². The van der Waals surface area contributed by atoms with Gasteiger partial charge in [0.1, 0.15) is 5.82 Å². The van der Waals surface area contributed by atoms with Crippen LogP contribution < -0.4 is 10.6 Å². The van der Waals surface area contributed by atoms with Crippen molar-refractivity contribution in [1.82, 2.24) is 4.90 Å². The Bertz CT molecular complexity index is 416. The van der Waals surface area contributed by atoms with Crippen molar-refractivity contribution in [2.75, 3.05) is 39.1 Å². The average molecular weight is 267 g/mol. The largest absolute Gasteiger partial charge is 0.374 e. The summed E-state index contributed by atoms with van der Waals surface area (Å²) < 4.78 is 13.7. The number of hydrogen-bond donors (Lipinski definition) is 1. The molecule has 1 atom stereocenters. The zero-order valence-electron chi connectivity index (χ0n) is 12.7. The Kier molecular flexibility index (Phi) is 5.76. The van der Waals surface area contributed by atoms with E-state index in [1.165, 1.54) is 0 Å². The Balaban J connectivity index is 2.88. The third kappa shape index (κ3) is 4.48. The van der Waals surface area contributed by atoms with E-state index in [0.29, 0.717) is 5.56 Å². The van der Waals surface area contributed by atoms with Crippen molar-refractivity contribution in [3.63, 3.8) is 0 Å². The van der Waals surface area contributed by atoms with Crippen LogP contribution in [0.4, 0.5) is 10.1 Å². The second-order valence-electron chi connectivity index (χ2n) is 5.53. The zero-order valence-corrected chi connectivity index (χ0v) is 12.7. The van der Waals surface area contributed by atoms with Gasteiger partial charge >= 0.3 is 0 Å². The fourth-order valence-electron chi connectivity index (χ4n) is 2.12. The molecule has 0 spiro atoms. The molecule has 0 bridgehead atoms. The molecule has 0 heterocycles. The van der Waals surface area contributed by atoms with Gasteiger partial charge in [-0.3, -0.25) is 0 Å². The first-order valence-corrected chi connectivity index (χ1v) is 6.74. The molecule has 0 amide bonds. The molecular weight excluding hydrogens is 241 g/mol. The van der Waals surface area contributed by atoms with Gasteiger partial charge in [-0.25, -0.2) is 4.39 Å². The summed E-state index contributed by atoms with van der Waals surface area (Å²) in [5.74, 6) is -0.183. The molecule has 0 saturated carbocycles. The summed E-state index contributed by atoms with van der Waals surface area (Å²) in [5.41, 5.74) is 8.52. The van der Waals surface area contributed by atoms with Crippen LogP contribution in [0.15, 0.2) is 12.1 Å². The number of aryl methyl sites for hydroxylation is 1. The van der Waals surface area contributed by atoms with E-state index in [1.807, 2.05) is 20.0 Å². The Morgan fingerprint density at radius 3 is 2.37 bits per heavy atom. The van der Waals surface area contributed by atoms with Gasteiger partial charge in [0, 0.05) is 25.3 Å². The summed E-state index contributed by atoms with van der Waals surface area (Å²) in [5, 5.41) is 0. The highest BCUT2D eigenvalue weighted by atomic mass is 19.1. The molecule has 1 aromatic rings. The normalized spacial score (nSPS) is 12.8. The molecule has 1 rings (SSSR count). The van der Waals surface area contributed by atoms with Crippen LogP contribution >= 0.6 is 0 Å². The molecule has 4 heteroatoms. The smallest absolute Gasteiger partial charge is 0.126 e. The minimum absolute atomic E-state index is 0.165. The number of anilines is 1. The summed E-state index contributed by atoms with van der Waals surface area (Å²) in [7, 11) is 6.17. The number of benzene rings is 1. The molecule has 19 heavy (non-hydrogen) atoms. The van der Waals surface area contributed by atoms with E-state index in [0.717, 1.165) is 30.8 Å². The van der Waals surface area contributed by atoms with Gasteiger partial charge in [-0.2, -0.15) is 0 Å². The first-order chi connectivity index (χ1) is 8.82. The Morgan fingerprint density at radius 1 is 1.21 bits per heavy atom. The first-order valence-electron chi connectivity index (χ1n) is 6.74. The molecule has 0 radical (unpaired) electrons. The number of rotatable bonds is 6. The number of nitrogens with two attached hydrogens (primary N) is 1. The molecule has 0 aliphatic rings. The molecule has 0 aromatic heterocycles. The lowest BCUT2D eigenvalue weighted by Crippen LogP contribution is -2.25. The maximum atomic E-state index is 13.7. The van der Waals surface area contributed by atoms with E-state index in [2.05, 4.69) is 23.9 Å².